The zero-order chi connectivity index (χ0) is 11.4. The van der Waals surface area contributed by atoms with Crippen LogP contribution in [0.5, 0.6) is 0 Å². The number of amides is 1. The van der Waals surface area contributed by atoms with Gasteiger partial charge in [0.2, 0.25) is 5.91 Å². The number of carboxylic acid groups (broad SMARTS) is 1. The Hall–Kier alpha value is -1.10. The number of nitrogens with two attached hydrogens (primary N) is 1. The Morgan fingerprint density at radius 1 is 1.60 bits per heavy atom. The molecule has 86 valence electrons. The molecular formula is C10H18N2O3. The predicted octanol–water partition coefficient (Wildman–Crippen LogP) is 0.0469. The van der Waals surface area contributed by atoms with Crippen molar-refractivity contribution in [1.82, 2.24) is 4.90 Å². The van der Waals surface area contributed by atoms with Crippen LogP contribution in [0.25, 0.3) is 0 Å². The number of hydrogen-bond acceptors (Lipinski definition) is 3. The van der Waals surface area contributed by atoms with E-state index in [0.29, 0.717) is 25.9 Å². The quantitative estimate of drug-likeness (QED) is 0.692. The van der Waals surface area contributed by atoms with Crippen LogP contribution in [-0.4, -0.2) is 41.0 Å². The van der Waals surface area contributed by atoms with Crippen molar-refractivity contribution in [3.8, 4) is 0 Å². The highest BCUT2D eigenvalue weighted by molar-refractivity contribution is 5.83. The molecule has 0 spiro atoms. The van der Waals surface area contributed by atoms with Crippen molar-refractivity contribution in [3.63, 3.8) is 0 Å². The van der Waals surface area contributed by atoms with Crippen molar-refractivity contribution in [1.29, 1.82) is 0 Å². The van der Waals surface area contributed by atoms with E-state index in [9.17, 15) is 9.59 Å². The molecule has 1 rings (SSSR count). The standard InChI is InChI=1S/C10H18N2O3/c1-2-3-8(11)9(13)12-5-4-7(6-12)10(14)15/h7-8H,2-6,11H2,1H3,(H,14,15). The fraction of sp³-hybridized carbons (Fsp3) is 0.800. The van der Waals surface area contributed by atoms with Crippen LogP contribution in [0.1, 0.15) is 26.2 Å². The third-order valence-corrected chi connectivity index (χ3v) is 2.77. The Morgan fingerprint density at radius 3 is 2.73 bits per heavy atom. The van der Waals surface area contributed by atoms with Crippen LogP contribution < -0.4 is 5.73 Å². The summed E-state index contributed by atoms with van der Waals surface area (Å²) in [5.74, 6) is -1.35. The lowest BCUT2D eigenvalue weighted by Gasteiger charge is -2.20. The zero-order valence-electron chi connectivity index (χ0n) is 8.98. The molecule has 1 heterocycles. The van der Waals surface area contributed by atoms with E-state index in [1.54, 1.807) is 4.90 Å². The van der Waals surface area contributed by atoms with E-state index in [2.05, 4.69) is 0 Å². The topological polar surface area (TPSA) is 83.6 Å². The molecule has 0 aliphatic carbocycles. The number of hydrogen-bond donors (Lipinski definition) is 2. The van der Waals surface area contributed by atoms with Crippen LogP contribution in [0.2, 0.25) is 0 Å². The minimum Gasteiger partial charge on any atom is -0.481 e. The smallest absolute Gasteiger partial charge is 0.308 e. The van der Waals surface area contributed by atoms with Crippen molar-refractivity contribution < 1.29 is 14.7 Å². The van der Waals surface area contributed by atoms with Crippen LogP contribution in [-0.2, 0) is 9.59 Å². The van der Waals surface area contributed by atoms with Gasteiger partial charge in [0.05, 0.1) is 12.0 Å². The van der Waals surface area contributed by atoms with Gasteiger partial charge in [-0.1, -0.05) is 13.3 Å². The van der Waals surface area contributed by atoms with E-state index < -0.39 is 17.9 Å². The van der Waals surface area contributed by atoms with E-state index in [-0.39, 0.29) is 5.91 Å². The van der Waals surface area contributed by atoms with E-state index in [1.807, 2.05) is 6.92 Å². The van der Waals surface area contributed by atoms with Crippen molar-refractivity contribution in [2.24, 2.45) is 11.7 Å². The summed E-state index contributed by atoms with van der Waals surface area (Å²) in [7, 11) is 0. The number of nitrogens with zero attached hydrogens (tertiary/aromatic N) is 1. The number of rotatable bonds is 4. The summed E-state index contributed by atoms with van der Waals surface area (Å²) in [6, 6.07) is -0.470. The van der Waals surface area contributed by atoms with Gasteiger partial charge in [0.1, 0.15) is 0 Å². The first-order valence-electron chi connectivity index (χ1n) is 5.33. The first-order valence-corrected chi connectivity index (χ1v) is 5.33. The second-order valence-electron chi connectivity index (χ2n) is 4.00. The Kier molecular flexibility index (Phi) is 4.08. The van der Waals surface area contributed by atoms with Crippen LogP contribution in [0, 0.1) is 5.92 Å². The molecule has 1 amide bonds. The normalized spacial score (nSPS) is 22.8. The van der Waals surface area contributed by atoms with E-state index in [4.69, 9.17) is 10.8 Å². The van der Waals surface area contributed by atoms with Gasteiger partial charge in [-0.2, -0.15) is 0 Å². The summed E-state index contributed by atoms with van der Waals surface area (Å²) in [5.41, 5.74) is 5.69. The van der Waals surface area contributed by atoms with Gasteiger partial charge >= 0.3 is 5.97 Å². The molecule has 0 saturated carbocycles. The SMILES string of the molecule is CCCC(N)C(=O)N1CCC(C(=O)O)C1. The van der Waals surface area contributed by atoms with Gasteiger partial charge in [0.15, 0.2) is 0 Å². The van der Waals surface area contributed by atoms with Gasteiger partial charge in [-0.15, -0.1) is 0 Å². The lowest BCUT2D eigenvalue weighted by atomic mass is 10.1. The second-order valence-corrected chi connectivity index (χ2v) is 4.00. The maximum absolute atomic E-state index is 11.7. The molecule has 2 atom stereocenters. The number of likely N-dealkylation sites (tertiary alicyclic amines) is 1. The minimum absolute atomic E-state index is 0.111. The Bertz CT molecular complexity index is 255. The lowest BCUT2D eigenvalue weighted by molar-refractivity contribution is -0.141. The molecule has 1 fully saturated rings. The van der Waals surface area contributed by atoms with Crippen molar-refractivity contribution >= 4 is 11.9 Å². The average molecular weight is 214 g/mol. The Balaban J connectivity index is 2.46. The summed E-state index contributed by atoms with van der Waals surface area (Å²) in [4.78, 5) is 24.0. The Labute approximate surface area is 89.2 Å². The lowest BCUT2D eigenvalue weighted by Crippen LogP contribution is -2.42. The maximum Gasteiger partial charge on any atom is 0.308 e. The molecule has 3 N–H and O–H groups in total. The molecule has 0 aromatic carbocycles. The minimum atomic E-state index is -0.825. The molecule has 5 nitrogen and oxygen atoms in total. The summed E-state index contributed by atoms with van der Waals surface area (Å²) in [6.07, 6.45) is 2.07. The summed E-state index contributed by atoms with van der Waals surface area (Å²) < 4.78 is 0. The van der Waals surface area contributed by atoms with Crippen molar-refractivity contribution in [2.75, 3.05) is 13.1 Å². The van der Waals surface area contributed by atoms with Gasteiger partial charge in [0.25, 0.3) is 0 Å². The number of carbonyl (C=O) groups excluding carboxylic acids is 1. The van der Waals surface area contributed by atoms with Crippen LogP contribution in [0.15, 0.2) is 0 Å². The molecule has 0 bridgehead atoms. The van der Waals surface area contributed by atoms with Gasteiger partial charge in [-0.05, 0) is 12.8 Å². The molecule has 1 aliphatic heterocycles. The molecule has 5 heteroatoms. The largest absolute Gasteiger partial charge is 0.481 e. The monoisotopic (exact) mass is 214 g/mol. The second kappa shape index (κ2) is 5.11. The van der Waals surface area contributed by atoms with Gasteiger partial charge in [0, 0.05) is 13.1 Å². The van der Waals surface area contributed by atoms with Crippen LogP contribution in [0.3, 0.4) is 0 Å². The molecule has 2 unspecified atom stereocenters. The van der Waals surface area contributed by atoms with Crippen molar-refractivity contribution in [3.05, 3.63) is 0 Å². The number of aliphatic carboxylic acids is 1. The summed E-state index contributed by atoms with van der Waals surface area (Å²) in [5, 5.41) is 8.79. The first kappa shape index (κ1) is 12.0. The highest BCUT2D eigenvalue weighted by atomic mass is 16.4. The van der Waals surface area contributed by atoms with Crippen molar-refractivity contribution in [2.45, 2.75) is 32.2 Å². The molecular weight excluding hydrogens is 196 g/mol. The fourth-order valence-corrected chi connectivity index (χ4v) is 1.83. The molecule has 1 aliphatic rings. The highest BCUT2D eigenvalue weighted by Crippen LogP contribution is 2.17. The van der Waals surface area contributed by atoms with E-state index in [0.717, 1.165) is 6.42 Å². The van der Waals surface area contributed by atoms with Crippen LogP contribution in [0.4, 0.5) is 0 Å². The molecule has 15 heavy (non-hydrogen) atoms. The molecule has 0 aromatic rings. The third-order valence-electron chi connectivity index (χ3n) is 2.77. The first-order chi connectivity index (χ1) is 7.06. The number of carboxylic acids is 1. The molecule has 0 aromatic heterocycles. The maximum atomic E-state index is 11.7. The van der Waals surface area contributed by atoms with E-state index in [1.165, 1.54) is 0 Å². The highest BCUT2D eigenvalue weighted by Gasteiger charge is 2.32. The predicted molar refractivity (Wildman–Crippen MR) is 55.2 cm³/mol. The van der Waals surface area contributed by atoms with Crippen LogP contribution >= 0.6 is 0 Å². The third kappa shape index (κ3) is 2.92. The number of carbonyl (C=O) groups is 2. The average Bonchev–Trinajstić information content (AvgIpc) is 2.65. The summed E-state index contributed by atoms with van der Waals surface area (Å²) >= 11 is 0. The van der Waals surface area contributed by atoms with Gasteiger partial charge in [-0.3, -0.25) is 9.59 Å². The Morgan fingerprint density at radius 2 is 2.27 bits per heavy atom. The molecule has 1 saturated heterocycles. The molecule has 0 radical (unpaired) electrons. The van der Waals surface area contributed by atoms with E-state index >= 15 is 0 Å². The van der Waals surface area contributed by atoms with Gasteiger partial charge < -0.3 is 15.7 Å². The van der Waals surface area contributed by atoms with Gasteiger partial charge in [-0.25, -0.2) is 0 Å². The zero-order valence-corrected chi connectivity index (χ0v) is 8.98. The summed E-state index contributed by atoms with van der Waals surface area (Å²) in [6.45, 7) is 2.80. The fourth-order valence-electron chi connectivity index (χ4n) is 1.83.